The molecule has 1 aromatic carbocycles. The van der Waals surface area contributed by atoms with Crippen LogP contribution in [0.1, 0.15) is 0 Å². The Labute approximate surface area is 97.7 Å². The summed E-state index contributed by atoms with van der Waals surface area (Å²) >= 11 is 5.40. The summed E-state index contributed by atoms with van der Waals surface area (Å²) in [5.74, 6) is -1.84. The summed E-state index contributed by atoms with van der Waals surface area (Å²) in [6.45, 7) is 0.0563. The molecule has 0 bridgehead atoms. The van der Waals surface area contributed by atoms with Gasteiger partial charge in [-0.2, -0.15) is 4.31 Å². The van der Waals surface area contributed by atoms with Crippen LogP contribution in [0.5, 0.6) is 0 Å². The van der Waals surface area contributed by atoms with E-state index in [1.165, 1.54) is 7.05 Å². The predicted octanol–water partition coefficient (Wildman–Crippen LogP) is 1.82. The minimum atomic E-state index is -3.94. The van der Waals surface area contributed by atoms with Crippen molar-refractivity contribution in [1.82, 2.24) is 4.31 Å². The van der Waals surface area contributed by atoms with E-state index in [2.05, 4.69) is 0 Å². The van der Waals surface area contributed by atoms with Gasteiger partial charge in [0.2, 0.25) is 10.0 Å². The van der Waals surface area contributed by atoms with Crippen LogP contribution in [-0.2, 0) is 10.0 Å². The van der Waals surface area contributed by atoms with Gasteiger partial charge in [-0.1, -0.05) is 0 Å². The zero-order chi connectivity index (χ0) is 12.3. The fraction of sp³-hybridized carbons (Fsp3) is 0.333. The Morgan fingerprint density at radius 3 is 2.50 bits per heavy atom. The van der Waals surface area contributed by atoms with Crippen molar-refractivity contribution in [1.29, 1.82) is 0 Å². The molecule has 0 heterocycles. The molecule has 0 amide bonds. The lowest BCUT2D eigenvalue weighted by Gasteiger charge is -2.15. The highest BCUT2D eigenvalue weighted by molar-refractivity contribution is 7.89. The number of benzene rings is 1. The molecule has 90 valence electrons. The number of sulfonamides is 1. The van der Waals surface area contributed by atoms with Gasteiger partial charge in [-0.25, -0.2) is 17.2 Å². The molecule has 7 heteroatoms. The van der Waals surface area contributed by atoms with Crippen LogP contribution in [0.25, 0.3) is 0 Å². The third-order valence-corrected chi connectivity index (χ3v) is 4.04. The van der Waals surface area contributed by atoms with E-state index in [0.717, 1.165) is 16.4 Å². The molecule has 0 fully saturated rings. The summed E-state index contributed by atoms with van der Waals surface area (Å²) in [7, 11) is -2.66. The van der Waals surface area contributed by atoms with Crippen LogP contribution in [0.15, 0.2) is 23.1 Å². The minimum absolute atomic E-state index is 0.0563. The maximum absolute atomic E-state index is 13.3. The van der Waals surface area contributed by atoms with Crippen molar-refractivity contribution in [2.45, 2.75) is 4.90 Å². The van der Waals surface area contributed by atoms with E-state index < -0.39 is 26.6 Å². The topological polar surface area (TPSA) is 37.4 Å². The largest absolute Gasteiger partial charge is 0.245 e. The van der Waals surface area contributed by atoms with Crippen molar-refractivity contribution in [3.05, 3.63) is 29.8 Å². The second-order valence-electron chi connectivity index (χ2n) is 3.09. The van der Waals surface area contributed by atoms with Gasteiger partial charge in [-0.05, 0) is 12.1 Å². The third-order valence-electron chi connectivity index (χ3n) is 1.98. The third kappa shape index (κ3) is 2.69. The maximum Gasteiger partial charge on any atom is 0.245 e. The molecule has 0 saturated carbocycles. The van der Waals surface area contributed by atoms with Crippen molar-refractivity contribution < 1.29 is 17.2 Å². The smallest absolute Gasteiger partial charge is 0.207 e. The number of alkyl halides is 1. The summed E-state index contributed by atoms with van der Waals surface area (Å²) in [5.41, 5.74) is 0. The molecule has 0 aliphatic carbocycles. The zero-order valence-corrected chi connectivity index (χ0v) is 10.0. The van der Waals surface area contributed by atoms with Gasteiger partial charge in [0.15, 0.2) is 0 Å². The summed E-state index contributed by atoms with van der Waals surface area (Å²) in [6.07, 6.45) is 0. The molecule has 0 atom stereocenters. The molecule has 0 aliphatic rings. The molecule has 0 N–H and O–H groups in total. The van der Waals surface area contributed by atoms with E-state index in [1.54, 1.807) is 0 Å². The summed E-state index contributed by atoms with van der Waals surface area (Å²) < 4.78 is 50.3. The van der Waals surface area contributed by atoms with Crippen LogP contribution >= 0.6 is 11.6 Å². The van der Waals surface area contributed by atoms with Crippen molar-refractivity contribution in [2.24, 2.45) is 0 Å². The second kappa shape index (κ2) is 5.07. The molecule has 1 rings (SSSR count). The average molecular weight is 270 g/mol. The van der Waals surface area contributed by atoms with Gasteiger partial charge in [0, 0.05) is 25.5 Å². The number of hydrogen-bond acceptors (Lipinski definition) is 2. The Hall–Kier alpha value is -0.720. The molecule has 0 radical (unpaired) electrons. The summed E-state index contributed by atoms with van der Waals surface area (Å²) in [6, 6.07) is 2.32. The number of halogens is 3. The predicted molar refractivity (Wildman–Crippen MR) is 56.9 cm³/mol. The molecule has 0 aliphatic heterocycles. The molecule has 0 unspecified atom stereocenters. The Balaban J connectivity index is 3.17. The van der Waals surface area contributed by atoms with Gasteiger partial charge in [0.05, 0.1) is 0 Å². The van der Waals surface area contributed by atoms with Crippen LogP contribution in [-0.4, -0.2) is 32.2 Å². The maximum atomic E-state index is 13.3. The fourth-order valence-electron chi connectivity index (χ4n) is 1.09. The first-order valence-electron chi connectivity index (χ1n) is 4.37. The molecule has 3 nitrogen and oxygen atoms in total. The molecule has 0 aromatic heterocycles. The van der Waals surface area contributed by atoms with E-state index in [0.29, 0.717) is 6.07 Å². The Morgan fingerprint density at radius 2 is 2.00 bits per heavy atom. The van der Waals surface area contributed by atoms with E-state index in [9.17, 15) is 17.2 Å². The first-order chi connectivity index (χ1) is 7.39. The van der Waals surface area contributed by atoms with Gasteiger partial charge in [-0.3, -0.25) is 0 Å². The van der Waals surface area contributed by atoms with E-state index in [-0.39, 0.29) is 12.4 Å². The number of hydrogen-bond donors (Lipinski definition) is 0. The lowest BCUT2D eigenvalue weighted by molar-refractivity contribution is 0.477. The lowest BCUT2D eigenvalue weighted by atomic mass is 10.3. The average Bonchev–Trinajstić information content (AvgIpc) is 2.17. The monoisotopic (exact) mass is 269 g/mol. The molecular weight excluding hydrogens is 260 g/mol. The van der Waals surface area contributed by atoms with Crippen LogP contribution in [0, 0.1) is 11.6 Å². The highest BCUT2D eigenvalue weighted by atomic mass is 35.5. The van der Waals surface area contributed by atoms with Crippen molar-refractivity contribution >= 4 is 21.6 Å². The second-order valence-corrected chi connectivity index (χ2v) is 5.48. The summed E-state index contributed by atoms with van der Waals surface area (Å²) in [5, 5.41) is 0. The normalized spacial score (nSPS) is 12.1. The Kier molecular flexibility index (Phi) is 4.23. The van der Waals surface area contributed by atoms with Gasteiger partial charge < -0.3 is 0 Å². The first kappa shape index (κ1) is 13.3. The van der Waals surface area contributed by atoms with Gasteiger partial charge in [0.1, 0.15) is 16.5 Å². The molecule has 0 saturated heterocycles. The quantitative estimate of drug-likeness (QED) is 0.782. The number of nitrogens with zero attached hydrogens (tertiary/aromatic N) is 1. The van der Waals surface area contributed by atoms with Crippen molar-refractivity contribution in [3.63, 3.8) is 0 Å². The van der Waals surface area contributed by atoms with Crippen LogP contribution in [0.3, 0.4) is 0 Å². The first-order valence-corrected chi connectivity index (χ1v) is 6.34. The van der Waals surface area contributed by atoms with Crippen LogP contribution in [0.2, 0.25) is 0 Å². The van der Waals surface area contributed by atoms with Crippen LogP contribution in [0.4, 0.5) is 8.78 Å². The van der Waals surface area contributed by atoms with Crippen molar-refractivity contribution in [3.8, 4) is 0 Å². The van der Waals surface area contributed by atoms with Gasteiger partial charge >= 0.3 is 0 Å². The molecule has 0 spiro atoms. The number of rotatable bonds is 4. The van der Waals surface area contributed by atoms with Gasteiger partial charge in [0.25, 0.3) is 0 Å². The Bertz CT molecular complexity index is 478. The highest BCUT2D eigenvalue weighted by Gasteiger charge is 2.24. The van der Waals surface area contributed by atoms with Crippen molar-refractivity contribution in [2.75, 3.05) is 19.5 Å². The van der Waals surface area contributed by atoms with E-state index in [4.69, 9.17) is 11.6 Å². The van der Waals surface area contributed by atoms with Gasteiger partial charge in [-0.15, -0.1) is 11.6 Å². The molecular formula is C9H10ClF2NO2S. The summed E-state index contributed by atoms with van der Waals surface area (Å²) in [4.78, 5) is -0.554. The highest BCUT2D eigenvalue weighted by Crippen LogP contribution is 2.18. The zero-order valence-electron chi connectivity index (χ0n) is 8.45. The van der Waals surface area contributed by atoms with Crippen LogP contribution < -0.4 is 0 Å². The molecule has 1 aromatic rings. The minimum Gasteiger partial charge on any atom is -0.207 e. The van der Waals surface area contributed by atoms with E-state index >= 15 is 0 Å². The Morgan fingerprint density at radius 1 is 1.38 bits per heavy atom. The molecule has 16 heavy (non-hydrogen) atoms. The fourth-order valence-corrected chi connectivity index (χ4v) is 2.66. The standard InChI is InChI=1S/C9H10ClF2NO2S/c1-13(5-4-10)16(14,15)9-3-2-7(11)6-8(9)12/h2-3,6H,4-5H2,1H3. The lowest BCUT2D eigenvalue weighted by Crippen LogP contribution is -2.29. The van der Waals surface area contributed by atoms with E-state index in [1.807, 2.05) is 0 Å². The SMILES string of the molecule is CN(CCCl)S(=O)(=O)c1ccc(F)cc1F.